The molecule has 154 valence electrons. The third-order valence-electron chi connectivity index (χ3n) is 5.58. The molecule has 0 radical (unpaired) electrons. The lowest BCUT2D eigenvalue weighted by atomic mass is 10.1. The number of para-hydroxylation sites is 1. The second kappa shape index (κ2) is 7.32. The van der Waals surface area contributed by atoms with Gasteiger partial charge in [0.2, 0.25) is 0 Å². The summed E-state index contributed by atoms with van der Waals surface area (Å²) in [5.41, 5.74) is 4.17. The minimum atomic E-state index is -0.0799. The number of rotatable bonds is 3. The average molecular weight is 422 g/mol. The van der Waals surface area contributed by atoms with E-state index >= 15 is 0 Å². The largest absolute Gasteiger partial charge is 0.493 e. The van der Waals surface area contributed by atoms with Gasteiger partial charge in [0.05, 0.1) is 17.3 Å². The average Bonchev–Trinajstić information content (AvgIpc) is 3.37. The van der Waals surface area contributed by atoms with E-state index in [1.54, 1.807) is 24.5 Å². The van der Waals surface area contributed by atoms with Crippen LogP contribution in [0.5, 0.6) is 5.75 Å². The Balaban J connectivity index is 1.32. The molecule has 2 aromatic carbocycles. The monoisotopic (exact) mass is 421 g/mol. The quantitative estimate of drug-likeness (QED) is 0.483. The Bertz CT molecular complexity index is 1250. The maximum Gasteiger partial charge on any atom is 0.289 e. The van der Waals surface area contributed by atoms with E-state index in [1.807, 2.05) is 23.1 Å². The number of amides is 1. The van der Waals surface area contributed by atoms with Gasteiger partial charge in [-0.1, -0.05) is 29.5 Å². The molecule has 1 fully saturated rings. The number of aryl methyl sites for hydroxylation is 2. The zero-order chi connectivity index (χ0) is 20.8. The molecule has 6 nitrogen and oxygen atoms in total. The minimum absolute atomic E-state index is 0.0799. The summed E-state index contributed by atoms with van der Waals surface area (Å²) in [5, 5.41) is 1.90. The highest BCUT2D eigenvalue weighted by atomic mass is 32.1. The third-order valence-corrected chi connectivity index (χ3v) is 6.85. The first-order valence-corrected chi connectivity index (χ1v) is 10.8. The molecule has 2 aromatic heterocycles. The number of carbonyl (C=O) groups is 1. The molecule has 1 saturated heterocycles. The normalized spacial score (nSPS) is 14.6. The van der Waals surface area contributed by atoms with Crippen LogP contribution >= 0.6 is 11.3 Å². The van der Waals surface area contributed by atoms with Gasteiger partial charge in [-0.25, -0.2) is 4.98 Å². The van der Waals surface area contributed by atoms with E-state index in [9.17, 15) is 4.79 Å². The third kappa shape index (κ3) is 3.19. The lowest BCUT2D eigenvalue weighted by Gasteiger charge is -2.34. The van der Waals surface area contributed by atoms with Crippen LogP contribution < -0.4 is 9.64 Å². The van der Waals surface area contributed by atoms with Gasteiger partial charge in [-0.05, 0) is 43.2 Å². The number of thiazole rings is 1. The molecule has 1 aliphatic heterocycles. The van der Waals surface area contributed by atoms with Crippen LogP contribution in [0.1, 0.15) is 21.7 Å². The fraction of sp³-hybridized carbons (Fsp3) is 0.304. The maximum atomic E-state index is 13.0. The topological polar surface area (TPSA) is 58.8 Å². The van der Waals surface area contributed by atoms with E-state index in [-0.39, 0.29) is 5.91 Å². The number of fused-ring (bicyclic) bond motifs is 2. The van der Waals surface area contributed by atoms with E-state index in [4.69, 9.17) is 14.1 Å². The van der Waals surface area contributed by atoms with Gasteiger partial charge in [0.25, 0.3) is 5.91 Å². The summed E-state index contributed by atoms with van der Waals surface area (Å²) < 4.78 is 12.4. The maximum absolute atomic E-state index is 13.0. The predicted octanol–water partition coefficient (Wildman–Crippen LogP) is 4.63. The molecule has 0 N–H and O–H groups in total. The summed E-state index contributed by atoms with van der Waals surface area (Å²) in [6.07, 6.45) is 0. The Morgan fingerprint density at radius 2 is 1.93 bits per heavy atom. The Morgan fingerprint density at radius 1 is 1.13 bits per heavy atom. The van der Waals surface area contributed by atoms with Crippen LogP contribution in [-0.4, -0.2) is 49.1 Å². The van der Waals surface area contributed by atoms with Crippen LogP contribution in [-0.2, 0) is 0 Å². The fourth-order valence-corrected chi connectivity index (χ4v) is 5.13. The van der Waals surface area contributed by atoms with E-state index in [1.165, 1.54) is 15.8 Å². The van der Waals surface area contributed by atoms with Gasteiger partial charge < -0.3 is 19.0 Å². The van der Waals surface area contributed by atoms with Crippen LogP contribution in [0.3, 0.4) is 0 Å². The van der Waals surface area contributed by atoms with Crippen molar-refractivity contribution in [1.29, 1.82) is 0 Å². The molecular formula is C23H23N3O3S. The second-order valence-electron chi connectivity index (χ2n) is 7.70. The molecule has 1 aliphatic rings. The summed E-state index contributed by atoms with van der Waals surface area (Å²) in [7, 11) is 1.60. The number of methoxy groups -OCH3 is 1. The summed E-state index contributed by atoms with van der Waals surface area (Å²) in [4.78, 5) is 22.0. The number of furan rings is 1. The van der Waals surface area contributed by atoms with Gasteiger partial charge in [0.15, 0.2) is 22.2 Å². The van der Waals surface area contributed by atoms with Crippen molar-refractivity contribution in [2.24, 2.45) is 0 Å². The van der Waals surface area contributed by atoms with Crippen molar-refractivity contribution in [2.45, 2.75) is 13.8 Å². The zero-order valence-corrected chi connectivity index (χ0v) is 18.1. The van der Waals surface area contributed by atoms with Gasteiger partial charge in [-0.3, -0.25) is 4.79 Å². The van der Waals surface area contributed by atoms with Crippen molar-refractivity contribution in [1.82, 2.24) is 9.88 Å². The number of piperazine rings is 1. The SMILES string of the molecule is COc1cccc2cc(C(=O)N3CCN(c4nc5cc(C)cc(C)c5s4)CC3)oc12. The number of ether oxygens (including phenoxy) is 1. The Kier molecular flexibility index (Phi) is 4.62. The lowest BCUT2D eigenvalue weighted by molar-refractivity contribution is 0.0717. The fourth-order valence-electron chi connectivity index (χ4n) is 4.06. The van der Waals surface area contributed by atoms with Crippen molar-refractivity contribution < 1.29 is 13.9 Å². The first-order valence-electron chi connectivity index (χ1n) is 10.0. The van der Waals surface area contributed by atoms with Crippen LogP contribution in [0.4, 0.5) is 5.13 Å². The van der Waals surface area contributed by atoms with Crippen molar-refractivity contribution in [3.05, 3.63) is 53.3 Å². The van der Waals surface area contributed by atoms with Crippen LogP contribution in [0, 0.1) is 13.8 Å². The van der Waals surface area contributed by atoms with Crippen LogP contribution in [0.2, 0.25) is 0 Å². The number of carbonyl (C=O) groups excluding carboxylic acids is 1. The molecule has 30 heavy (non-hydrogen) atoms. The first kappa shape index (κ1) is 18.9. The number of benzene rings is 2. The van der Waals surface area contributed by atoms with Gasteiger partial charge in [-0.15, -0.1) is 0 Å². The Morgan fingerprint density at radius 3 is 2.70 bits per heavy atom. The predicted molar refractivity (Wildman–Crippen MR) is 120 cm³/mol. The molecule has 0 bridgehead atoms. The molecule has 1 amide bonds. The number of anilines is 1. The first-order chi connectivity index (χ1) is 14.5. The molecule has 0 unspecified atom stereocenters. The number of nitrogens with zero attached hydrogens (tertiary/aromatic N) is 3. The van der Waals surface area contributed by atoms with Crippen molar-refractivity contribution in [3.8, 4) is 5.75 Å². The van der Waals surface area contributed by atoms with Crippen molar-refractivity contribution in [3.63, 3.8) is 0 Å². The Hall–Kier alpha value is -3.06. The Labute approximate surface area is 178 Å². The molecular weight excluding hydrogens is 398 g/mol. The molecule has 3 heterocycles. The standard InChI is InChI=1S/C23H23N3O3S/c1-14-11-15(2)21-17(12-14)24-23(30-21)26-9-7-25(8-10-26)22(27)19-13-16-5-4-6-18(28-3)20(16)29-19/h4-6,11-13H,7-10H2,1-3H3. The smallest absolute Gasteiger partial charge is 0.289 e. The minimum Gasteiger partial charge on any atom is -0.493 e. The van der Waals surface area contributed by atoms with Crippen LogP contribution in [0.15, 0.2) is 40.8 Å². The highest BCUT2D eigenvalue weighted by molar-refractivity contribution is 7.22. The molecule has 0 spiro atoms. The number of aromatic nitrogens is 1. The van der Waals surface area contributed by atoms with E-state index in [0.29, 0.717) is 30.2 Å². The molecule has 4 aromatic rings. The van der Waals surface area contributed by atoms with Crippen LogP contribution in [0.25, 0.3) is 21.2 Å². The molecule has 0 saturated carbocycles. The van der Waals surface area contributed by atoms with E-state index < -0.39 is 0 Å². The van der Waals surface area contributed by atoms with E-state index in [2.05, 4.69) is 30.9 Å². The summed E-state index contributed by atoms with van der Waals surface area (Å²) in [5.74, 6) is 0.912. The van der Waals surface area contributed by atoms with Crippen molar-refractivity contribution >= 4 is 43.6 Å². The van der Waals surface area contributed by atoms with Crippen molar-refractivity contribution in [2.75, 3.05) is 38.2 Å². The highest BCUT2D eigenvalue weighted by Crippen LogP contribution is 2.33. The van der Waals surface area contributed by atoms with Gasteiger partial charge >= 0.3 is 0 Å². The molecule has 0 atom stereocenters. The van der Waals surface area contributed by atoms with Gasteiger partial charge in [0.1, 0.15) is 0 Å². The summed E-state index contributed by atoms with van der Waals surface area (Å²) in [6, 6.07) is 11.8. The number of hydrogen-bond acceptors (Lipinski definition) is 6. The van der Waals surface area contributed by atoms with Gasteiger partial charge in [0, 0.05) is 31.6 Å². The van der Waals surface area contributed by atoms with Gasteiger partial charge in [-0.2, -0.15) is 0 Å². The second-order valence-corrected chi connectivity index (χ2v) is 8.67. The summed E-state index contributed by atoms with van der Waals surface area (Å²) in [6.45, 7) is 7.03. The molecule has 0 aliphatic carbocycles. The summed E-state index contributed by atoms with van der Waals surface area (Å²) >= 11 is 1.73. The zero-order valence-electron chi connectivity index (χ0n) is 17.3. The highest BCUT2D eigenvalue weighted by Gasteiger charge is 2.26. The lowest BCUT2D eigenvalue weighted by Crippen LogP contribution is -2.48. The number of hydrogen-bond donors (Lipinski definition) is 0. The van der Waals surface area contributed by atoms with E-state index in [0.717, 1.165) is 29.1 Å². The molecule has 7 heteroatoms. The molecule has 5 rings (SSSR count).